The van der Waals surface area contributed by atoms with Crippen LogP contribution in [0.3, 0.4) is 0 Å². The minimum absolute atomic E-state index is 0.224. The van der Waals surface area contributed by atoms with E-state index in [-0.39, 0.29) is 26.1 Å². The molecule has 38 heavy (non-hydrogen) atoms. The third-order valence-corrected chi connectivity index (χ3v) is 5.87. The van der Waals surface area contributed by atoms with Crippen LogP contribution in [0.4, 0.5) is 4.79 Å². The summed E-state index contributed by atoms with van der Waals surface area (Å²) in [5, 5.41) is 0. The van der Waals surface area contributed by atoms with Gasteiger partial charge in [0, 0.05) is 12.8 Å². The zero-order chi connectivity index (χ0) is 28.5. The molecular weight excluding hydrogens is 555 g/mol. The summed E-state index contributed by atoms with van der Waals surface area (Å²) in [5.74, 6) is -0.847. The normalized spacial score (nSPS) is 11.9. The first-order valence-electron chi connectivity index (χ1n) is 13.6. The second-order valence-electron chi connectivity index (χ2n) is 9.16. The Morgan fingerprint density at radius 3 is 1.58 bits per heavy atom. The van der Waals surface area contributed by atoms with Crippen LogP contribution in [0.5, 0.6) is 0 Å². The van der Waals surface area contributed by atoms with E-state index >= 15 is 0 Å². The van der Waals surface area contributed by atoms with Crippen LogP contribution in [0.25, 0.3) is 0 Å². The molecule has 0 rings (SSSR count). The van der Waals surface area contributed by atoms with Crippen LogP contribution in [-0.4, -0.2) is 47.8 Å². The number of halogens is 3. The average molecular weight is 600 g/mol. The first-order chi connectivity index (χ1) is 18.2. The molecule has 0 fully saturated rings. The third-order valence-electron chi connectivity index (χ3n) is 5.55. The van der Waals surface area contributed by atoms with Crippen LogP contribution >= 0.6 is 34.8 Å². The van der Waals surface area contributed by atoms with Crippen LogP contribution in [0.1, 0.15) is 103 Å². The summed E-state index contributed by atoms with van der Waals surface area (Å²) in [5.41, 5.74) is 0. The average Bonchev–Trinajstić information content (AvgIpc) is 2.87. The first-order valence-corrected chi connectivity index (χ1v) is 14.7. The van der Waals surface area contributed by atoms with E-state index in [1.165, 1.54) is 0 Å². The molecule has 0 N–H and O–H groups in total. The van der Waals surface area contributed by atoms with Gasteiger partial charge in [0.05, 0.1) is 0 Å². The fraction of sp³-hybridized carbons (Fsp3) is 0.750. The summed E-state index contributed by atoms with van der Waals surface area (Å²) in [6, 6.07) is 0. The van der Waals surface area contributed by atoms with Crippen molar-refractivity contribution in [2.24, 2.45) is 0 Å². The van der Waals surface area contributed by atoms with E-state index < -0.39 is 34.6 Å². The maximum absolute atomic E-state index is 12.3. The van der Waals surface area contributed by atoms with Crippen molar-refractivity contribution < 1.29 is 33.3 Å². The van der Waals surface area contributed by atoms with Gasteiger partial charge in [-0.3, -0.25) is 9.59 Å². The molecule has 0 aromatic carbocycles. The van der Waals surface area contributed by atoms with Crippen molar-refractivity contribution in [1.29, 1.82) is 0 Å². The van der Waals surface area contributed by atoms with Crippen LogP contribution in [0.2, 0.25) is 0 Å². The summed E-state index contributed by atoms with van der Waals surface area (Å²) in [6.45, 7) is 6.34. The molecule has 0 bridgehead atoms. The van der Waals surface area contributed by atoms with Gasteiger partial charge in [-0.2, -0.15) is 0 Å². The molecule has 10 heteroatoms. The first kappa shape index (κ1) is 36.6. The molecule has 0 saturated carbocycles. The summed E-state index contributed by atoms with van der Waals surface area (Å²) in [7, 11) is 0. The van der Waals surface area contributed by atoms with Gasteiger partial charge in [-0.05, 0) is 38.5 Å². The number of carbonyl (C=O) groups is 3. The lowest BCUT2D eigenvalue weighted by atomic mass is 10.1. The maximum atomic E-state index is 12.3. The lowest BCUT2D eigenvalue weighted by Gasteiger charge is -2.18. The highest BCUT2D eigenvalue weighted by Gasteiger charge is 2.24. The number of ether oxygens (including phenoxy) is 4. The van der Waals surface area contributed by atoms with Gasteiger partial charge in [0.2, 0.25) is 3.79 Å². The van der Waals surface area contributed by atoms with Gasteiger partial charge in [0.15, 0.2) is 6.10 Å². The van der Waals surface area contributed by atoms with Gasteiger partial charge in [-0.15, -0.1) is 13.2 Å². The highest BCUT2D eigenvalue weighted by Crippen LogP contribution is 2.26. The summed E-state index contributed by atoms with van der Waals surface area (Å²) in [6.07, 6.45) is 16.5. The monoisotopic (exact) mass is 598 g/mol. The smallest absolute Gasteiger partial charge is 0.462 e. The number of carbonyl (C=O) groups excluding carboxylic acids is 3. The van der Waals surface area contributed by atoms with E-state index in [2.05, 4.69) is 13.2 Å². The molecule has 0 aliphatic carbocycles. The molecular formula is C28H45Cl3O7. The molecule has 1 atom stereocenters. The Labute approximate surface area is 243 Å². The minimum Gasteiger partial charge on any atom is -0.462 e. The Kier molecular flexibility index (Phi) is 23.7. The van der Waals surface area contributed by atoms with E-state index in [1.807, 2.05) is 12.2 Å². The number of allylic oxidation sites excluding steroid dienone is 2. The second-order valence-corrected chi connectivity index (χ2v) is 11.7. The molecule has 0 radical (unpaired) electrons. The zero-order valence-electron chi connectivity index (χ0n) is 22.6. The van der Waals surface area contributed by atoms with E-state index in [9.17, 15) is 14.4 Å². The van der Waals surface area contributed by atoms with E-state index in [4.69, 9.17) is 53.8 Å². The van der Waals surface area contributed by atoms with Gasteiger partial charge in [0.25, 0.3) is 0 Å². The molecule has 7 nitrogen and oxygen atoms in total. The molecule has 0 heterocycles. The van der Waals surface area contributed by atoms with Crippen molar-refractivity contribution in [3.63, 3.8) is 0 Å². The van der Waals surface area contributed by atoms with Crippen molar-refractivity contribution in [3.05, 3.63) is 25.3 Å². The number of hydrogen-bond donors (Lipinski definition) is 0. The largest absolute Gasteiger partial charge is 0.508 e. The molecule has 0 saturated heterocycles. The summed E-state index contributed by atoms with van der Waals surface area (Å²) >= 11 is 16.6. The lowest BCUT2D eigenvalue weighted by Crippen LogP contribution is -2.31. The SMILES string of the molecule is C=CCCCCCCCCC(=O)OC[C@@H](COC(=O)OCC(Cl)(Cl)Cl)OC(=O)CCCCCCCCC=C. The zero-order valence-corrected chi connectivity index (χ0v) is 24.8. The van der Waals surface area contributed by atoms with Crippen LogP contribution < -0.4 is 0 Å². The molecule has 0 spiro atoms. The van der Waals surface area contributed by atoms with Crippen LogP contribution in [0.15, 0.2) is 25.3 Å². The lowest BCUT2D eigenvalue weighted by molar-refractivity contribution is -0.162. The molecule has 0 aliphatic heterocycles. The van der Waals surface area contributed by atoms with Gasteiger partial charge < -0.3 is 18.9 Å². The highest BCUT2D eigenvalue weighted by molar-refractivity contribution is 6.67. The number of rotatable bonds is 24. The van der Waals surface area contributed by atoms with Crippen molar-refractivity contribution >= 4 is 52.9 Å². The predicted octanol–water partition coefficient (Wildman–Crippen LogP) is 8.58. The molecule has 0 amide bonds. The van der Waals surface area contributed by atoms with Crippen molar-refractivity contribution in [3.8, 4) is 0 Å². The fourth-order valence-corrected chi connectivity index (χ4v) is 3.66. The Balaban J connectivity index is 4.40. The van der Waals surface area contributed by atoms with Gasteiger partial charge in [-0.25, -0.2) is 4.79 Å². The van der Waals surface area contributed by atoms with Gasteiger partial charge >= 0.3 is 18.1 Å². The quantitative estimate of drug-likeness (QED) is 0.0361. The van der Waals surface area contributed by atoms with Crippen molar-refractivity contribution in [1.82, 2.24) is 0 Å². The Hall–Kier alpha value is -1.44. The number of esters is 2. The van der Waals surface area contributed by atoms with E-state index in [0.717, 1.165) is 83.5 Å². The Morgan fingerprint density at radius 2 is 1.08 bits per heavy atom. The molecule has 220 valence electrons. The second kappa shape index (κ2) is 24.6. The maximum Gasteiger partial charge on any atom is 0.508 e. The molecule has 0 aliphatic rings. The summed E-state index contributed by atoms with van der Waals surface area (Å²) < 4.78 is 18.6. The van der Waals surface area contributed by atoms with E-state index in [1.54, 1.807) is 0 Å². The topological polar surface area (TPSA) is 88.1 Å². The minimum atomic E-state index is -1.78. The Bertz CT molecular complexity index is 665. The van der Waals surface area contributed by atoms with Gasteiger partial charge in [0.1, 0.15) is 19.8 Å². The predicted molar refractivity (Wildman–Crippen MR) is 153 cm³/mol. The number of unbranched alkanes of at least 4 members (excludes halogenated alkanes) is 12. The molecule has 0 unspecified atom stereocenters. The number of hydrogen-bond acceptors (Lipinski definition) is 7. The number of alkyl halides is 3. The Morgan fingerprint density at radius 1 is 0.632 bits per heavy atom. The highest BCUT2D eigenvalue weighted by atomic mass is 35.6. The van der Waals surface area contributed by atoms with Crippen molar-refractivity contribution in [2.45, 2.75) is 113 Å². The van der Waals surface area contributed by atoms with Crippen LogP contribution in [0, 0.1) is 0 Å². The van der Waals surface area contributed by atoms with Gasteiger partial charge in [-0.1, -0.05) is 98.3 Å². The van der Waals surface area contributed by atoms with Crippen molar-refractivity contribution in [2.75, 3.05) is 19.8 Å². The standard InChI is InChI=1S/C28H45Cl3O7/c1-3-5-7-9-11-13-15-17-19-25(32)35-21-24(22-36-27(34)37-23-28(29,30)31)38-26(33)20-18-16-14-12-10-8-6-4-2/h3-4,24H,1-2,5-23H2/t24-/m0/s1. The molecule has 0 aromatic heterocycles. The third kappa shape index (κ3) is 26.2. The van der Waals surface area contributed by atoms with E-state index in [0.29, 0.717) is 6.42 Å². The summed E-state index contributed by atoms with van der Waals surface area (Å²) in [4.78, 5) is 36.2. The fourth-order valence-electron chi connectivity index (χ4n) is 3.49. The van der Waals surface area contributed by atoms with Crippen LogP contribution in [-0.2, 0) is 28.5 Å². The molecule has 0 aromatic rings.